The third-order valence-electron chi connectivity index (χ3n) is 4.36. The van der Waals surface area contributed by atoms with E-state index in [9.17, 15) is 0 Å². The van der Waals surface area contributed by atoms with Crippen molar-refractivity contribution in [3.63, 3.8) is 0 Å². The van der Waals surface area contributed by atoms with Gasteiger partial charge >= 0.3 is 0 Å². The highest BCUT2D eigenvalue weighted by atomic mass is 16.5. The molecule has 1 saturated heterocycles. The van der Waals surface area contributed by atoms with Crippen LogP contribution in [0.5, 0.6) is 0 Å². The fourth-order valence-corrected chi connectivity index (χ4v) is 2.97. The van der Waals surface area contributed by atoms with Crippen molar-refractivity contribution >= 4 is 5.95 Å². The molecule has 0 aromatic carbocycles. The van der Waals surface area contributed by atoms with E-state index in [-0.39, 0.29) is 0 Å². The fraction of sp³-hybridized carbons (Fsp3) is 0.750. The maximum absolute atomic E-state index is 5.01. The molecule has 0 spiro atoms. The van der Waals surface area contributed by atoms with E-state index in [4.69, 9.17) is 4.74 Å². The number of nitrogens with zero attached hydrogens (tertiary/aromatic N) is 3. The van der Waals surface area contributed by atoms with E-state index in [2.05, 4.69) is 41.0 Å². The second kappa shape index (κ2) is 7.71. The first kappa shape index (κ1) is 16.2. The zero-order valence-electron chi connectivity index (χ0n) is 13.7. The SMILES string of the molecule is COCCNCc1cnc(N2CC(C)CC(C)C2C)nc1. The van der Waals surface area contributed by atoms with Crippen molar-refractivity contribution in [3.8, 4) is 0 Å². The second-order valence-corrected chi connectivity index (χ2v) is 6.27. The minimum absolute atomic E-state index is 0.506. The lowest BCUT2D eigenvalue weighted by Crippen LogP contribution is -2.46. The first-order valence-corrected chi connectivity index (χ1v) is 7.89. The summed E-state index contributed by atoms with van der Waals surface area (Å²) >= 11 is 0. The molecule has 2 heterocycles. The standard InChI is InChI=1S/C16H28N4O/c1-12-7-13(2)14(3)20(11-12)16-18-9-15(10-19-16)8-17-5-6-21-4/h9-10,12-14,17H,5-8,11H2,1-4H3. The number of aromatic nitrogens is 2. The largest absolute Gasteiger partial charge is 0.383 e. The van der Waals surface area contributed by atoms with Gasteiger partial charge in [-0.05, 0) is 25.2 Å². The summed E-state index contributed by atoms with van der Waals surface area (Å²) < 4.78 is 5.01. The molecule has 0 saturated carbocycles. The van der Waals surface area contributed by atoms with Crippen LogP contribution in [0.15, 0.2) is 12.4 Å². The van der Waals surface area contributed by atoms with Crippen LogP contribution in [0, 0.1) is 11.8 Å². The molecular formula is C16H28N4O. The number of nitrogens with one attached hydrogen (secondary N) is 1. The number of hydrogen-bond acceptors (Lipinski definition) is 5. The van der Waals surface area contributed by atoms with Crippen molar-refractivity contribution in [3.05, 3.63) is 18.0 Å². The highest BCUT2D eigenvalue weighted by molar-refractivity contribution is 5.33. The molecule has 5 nitrogen and oxygen atoms in total. The zero-order valence-corrected chi connectivity index (χ0v) is 13.7. The van der Waals surface area contributed by atoms with Gasteiger partial charge < -0.3 is 15.0 Å². The molecule has 5 heteroatoms. The van der Waals surface area contributed by atoms with Crippen LogP contribution in [0.2, 0.25) is 0 Å². The van der Waals surface area contributed by atoms with Crippen molar-refractivity contribution in [1.82, 2.24) is 15.3 Å². The van der Waals surface area contributed by atoms with E-state index in [1.54, 1.807) is 7.11 Å². The van der Waals surface area contributed by atoms with Crippen LogP contribution < -0.4 is 10.2 Å². The summed E-state index contributed by atoms with van der Waals surface area (Å²) in [5.41, 5.74) is 1.11. The summed E-state index contributed by atoms with van der Waals surface area (Å²) in [4.78, 5) is 11.5. The van der Waals surface area contributed by atoms with Crippen LogP contribution in [0.25, 0.3) is 0 Å². The van der Waals surface area contributed by atoms with Crippen LogP contribution in [0.1, 0.15) is 32.8 Å². The molecule has 1 N–H and O–H groups in total. The molecule has 3 unspecified atom stereocenters. The van der Waals surface area contributed by atoms with Gasteiger partial charge in [0.05, 0.1) is 6.61 Å². The van der Waals surface area contributed by atoms with Crippen LogP contribution >= 0.6 is 0 Å². The second-order valence-electron chi connectivity index (χ2n) is 6.27. The lowest BCUT2D eigenvalue weighted by atomic mass is 9.86. The van der Waals surface area contributed by atoms with Gasteiger partial charge in [0.2, 0.25) is 5.95 Å². The molecule has 3 atom stereocenters. The maximum atomic E-state index is 5.01. The highest BCUT2D eigenvalue weighted by Crippen LogP contribution is 2.29. The first-order chi connectivity index (χ1) is 10.1. The molecule has 0 aliphatic carbocycles. The molecule has 1 aromatic heterocycles. The van der Waals surface area contributed by atoms with Crippen molar-refractivity contribution in [2.75, 3.05) is 31.7 Å². The van der Waals surface area contributed by atoms with Crippen LogP contribution in [-0.2, 0) is 11.3 Å². The Balaban J connectivity index is 1.94. The molecule has 0 amide bonds. The molecule has 118 valence electrons. The van der Waals surface area contributed by atoms with Crippen LogP contribution in [0.4, 0.5) is 5.95 Å². The molecule has 21 heavy (non-hydrogen) atoms. The number of hydrogen-bond donors (Lipinski definition) is 1. The van der Waals surface area contributed by atoms with Gasteiger partial charge in [-0.25, -0.2) is 9.97 Å². The lowest BCUT2D eigenvalue weighted by Gasteiger charge is -2.41. The number of rotatable bonds is 6. The van der Waals surface area contributed by atoms with Crippen LogP contribution in [-0.4, -0.2) is 42.8 Å². The Hall–Kier alpha value is -1.20. The number of ether oxygens (including phenoxy) is 1. The summed E-state index contributed by atoms with van der Waals surface area (Å²) in [6, 6.07) is 0.506. The van der Waals surface area contributed by atoms with E-state index in [0.29, 0.717) is 17.9 Å². The summed E-state index contributed by atoms with van der Waals surface area (Å²) in [5.74, 6) is 2.25. The Morgan fingerprint density at radius 3 is 2.67 bits per heavy atom. The third kappa shape index (κ3) is 4.38. The number of methoxy groups -OCH3 is 1. The van der Waals surface area contributed by atoms with Gasteiger partial charge in [0.15, 0.2) is 0 Å². The number of anilines is 1. The summed E-state index contributed by atoms with van der Waals surface area (Å²) in [6.07, 6.45) is 5.15. The maximum Gasteiger partial charge on any atom is 0.225 e. The average Bonchev–Trinajstić information content (AvgIpc) is 2.48. The Kier molecular flexibility index (Phi) is 5.94. The van der Waals surface area contributed by atoms with Gasteiger partial charge in [0.1, 0.15) is 0 Å². The van der Waals surface area contributed by atoms with E-state index in [1.165, 1.54) is 6.42 Å². The van der Waals surface area contributed by atoms with Crippen molar-refractivity contribution < 1.29 is 4.74 Å². The Morgan fingerprint density at radius 1 is 1.29 bits per heavy atom. The highest BCUT2D eigenvalue weighted by Gasteiger charge is 2.30. The molecule has 1 aliphatic heterocycles. The zero-order chi connectivity index (χ0) is 15.2. The van der Waals surface area contributed by atoms with Crippen LogP contribution in [0.3, 0.4) is 0 Å². The average molecular weight is 292 g/mol. The lowest BCUT2D eigenvalue weighted by molar-refractivity contribution is 0.199. The first-order valence-electron chi connectivity index (χ1n) is 7.89. The molecule has 0 bridgehead atoms. The van der Waals surface area contributed by atoms with Crippen molar-refractivity contribution in [2.24, 2.45) is 11.8 Å². The Bertz CT molecular complexity index is 423. The molecule has 1 fully saturated rings. The van der Waals surface area contributed by atoms with Crippen molar-refractivity contribution in [2.45, 2.75) is 39.8 Å². The van der Waals surface area contributed by atoms with Gasteiger partial charge in [-0.1, -0.05) is 13.8 Å². The quantitative estimate of drug-likeness (QED) is 0.814. The topological polar surface area (TPSA) is 50.3 Å². The molecule has 0 radical (unpaired) electrons. The fourth-order valence-electron chi connectivity index (χ4n) is 2.97. The van der Waals surface area contributed by atoms with E-state index in [0.717, 1.165) is 37.8 Å². The summed E-state index contributed by atoms with van der Waals surface area (Å²) in [6.45, 7) is 10.3. The smallest absolute Gasteiger partial charge is 0.225 e. The minimum Gasteiger partial charge on any atom is -0.383 e. The summed E-state index contributed by atoms with van der Waals surface area (Å²) in [7, 11) is 1.71. The van der Waals surface area contributed by atoms with Crippen molar-refractivity contribution in [1.29, 1.82) is 0 Å². The van der Waals surface area contributed by atoms with E-state index in [1.807, 2.05) is 12.4 Å². The third-order valence-corrected chi connectivity index (χ3v) is 4.36. The molecule has 1 aromatic rings. The molecule has 2 rings (SSSR count). The normalized spacial score (nSPS) is 26.1. The molecule has 1 aliphatic rings. The van der Waals surface area contributed by atoms with Gasteiger partial charge in [-0.2, -0.15) is 0 Å². The monoisotopic (exact) mass is 292 g/mol. The van der Waals surface area contributed by atoms with Gasteiger partial charge in [0, 0.05) is 50.7 Å². The number of piperidine rings is 1. The van der Waals surface area contributed by atoms with Gasteiger partial charge in [-0.3, -0.25) is 0 Å². The Labute approximate surface area is 128 Å². The minimum atomic E-state index is 0.506. The predicted molar refractivity (Wildman–Crippen MR) is 85.4 cm³/mol. The predicted octanol–water partition coefficient (Wildman–Crippen LogP) is 2.08. The van der Waals surface area contributed by atoms with Gasteiger partial charge in [-0.15, -0.1) is 0 Å². The van der Waals surface area contributed by atoms with Gasteiger partial charge in [0.25, 0.3) is 0 Å². The molecular weight excluding hydrogens is 264 g/mol. The Morgan fingerprint density at radius 2 is 2.00 bits per heavy atom. The summed E-state index contributed by atoms with van der Waals surface area (Å²) in [5, 5.41) is 3.31. The van der Waals surface area contributed by atoms with E-state index < -0.39 is 0 Å². The van der Waals surface area contributed by atoms with E-state index >= 15 is 0 Å².